The van der Waals surface area contributed by atoms with Crippen molar-refractivity contribution in [2.24, 2.45) is 5.73 Å². The van der Waals surface area contributed by atoms with E-state index in [1.807, 2.05) is 43.6 Å². The minimum absolute atomic E-state index is 0.0714. The van der Waals surface area contributed by atoms with E-state index in [1.54, 1.807) is 6.20 Å². The average Bonchev–Trinajstić information content (AvgIpc) is 2.39. The number of nitrogen functional groups attached to an aromatic ring is 1. The maximum Gasteiger partial charge on any atom is 0.122 e. The highest BCUT2D eigenvalue weighted by Gasteiger charge is 2.08. The number of pyridine rings is 1. The number of nitrogens with one attached hydrogen (secondary N) is 1. The van der Waals surface area contributed by atoms with Crippen molar-refractivity contribution in [3.8, 4) is 0 Å². The van der Waals surface area contributed by atoms with Crippen LogP contribution in [0.15, 0.2) is 47.2 Å². The summed E-state index contributed by atoms with van der Waals surface area (Å²) in [7, 11) is 2.01. The van der Waals surface area contributed by atoms with Gasteiger partial charge >= 0.3 is 0 Å². The summed E-state index contributed by atoms with van der Waals surface area (Å²) >= 11 is 3.52. The lowest BCUT2D eigenvalue weighted by Gasteiger charge is -2.21. The van der Waals surface area contributed by atoms with Crippen molar-refractivity contribution in [1.82, 2.24) is 4.98 Å². The normalized spacial score (nSPS) is 10.2. The molecule has 0 unspecified atom stereocenters. The van der Waals surface area contributed by atoms with Crippen LogP contribution in [0.2, 0.25) is 0 Å². The summed E-state index contributed by atoms with van der Waals surface area (Å²) in [6, 6.07) is 9.63. The predicted octanol–water partition coefficient (Wildman–Crippen LogP) is 2.76. The van der Waals surface area contributed by atoms with Crippen molar-refractivity contribution in [2.45, 2.75) is 6.54 Å². The topological polar surface area (TPSA) is 66.0 Å². The van der Waals surface area contributed by atoms with E-state index in [1.165, 1.54) is 0 Å². The van der Waals surface area contributed by atoms with Gasteiger partial charge in [0.15, 0.2) is 0 Å². The van der Waals surface area contributed by atoms with Crippen LogP contribution in [-0.4, -0.2) is 17.9 Å². The second kappa shape index (κ2) is 5.84. The van der Waals surface area contributed by atoms with E-state index in [4.69, 9.17) is 11.1 Å². The number of nitrogens with zero attached hydrogens (tertiary/aromatic N) is 2. The first-order valence-electron chi connectivity index (χ1n) is 5.82. The van der Waals surface area contributed by atoms with E-state index < -0.39 is 0 Å². The minimum atomic E-state index is 0.0714. The standard InChI is InChI=1S/C14H15BrN4/c1-19(9-10-3-2-6-18-8-10)13-5-4-11(14(16)17)7-12(13)15/h2-8H,9H2,1H3,(H3,16,17). The molecule has 0 aliphatic rings. The SMILES string of the molecule is CN(Cc1cccnc1)c1ccc(C(=N)N)cc1Br. The molecule has 0 saturated heterocycles. The molecule has 0 atom stereocenters. The molecule has 0 radical (unpaired) electrons. The molecule has 0 fully saturated rings. The first-order chi connectivity index (χ1) is 9.08. The van der Waals surface area contributed by atoms with Crippen molar-refractivity contribution in [3.63, 3.8) is 0 Å². The van der Waals surface area contributed by atoms with Crippen LogP contribution in [-0.2, 0) is 6.54 Å². The summed E-state index contributed by atoms with van der Waals surface area (Å²) < 4.78 is 0.923. The number of benzene rings is 1. The molecule has 0 bridgehead atoms. The number of amidine groups is 1. The Labute approximate surface area is 120 Å². The minimum Gasteiger partial charge on any atom is -0.384 e. The molecular weight excluding hydrogens is 304 g/mol. The van der Waals surface area contributed by atoms with Gasteiger partial charge in [-0.25, -0.2) is 0 Å². The van der Waals surface area contributed by atoms with Gasteiger partial charge in [0.05, 0.1) is 5.69 Å². The molecule has 0 aliphatic heterocycles. The van der Waals surface area contributed by atoms with Gasteiger partial charge in [0.25, 0.3) is 0 Å². The van der Waals surface area contributed by atoms with Crippen molar-refractivity contribution >= 4 is 27.5 Å². The Balaban J connectivity index is 2.20. The van der Waals surface area contributed by atoms with Crippen LogP contribution < -0.4 is 10.6 Å². The van der Waals surface area contributed by atoms with Gasteiger partial charge in [0.1, 0.15) is 5.84 Å². The molecule has 98 valence electrons. The molecule has 1 heterocycles. The first-order valence-corrected chi connectivity index (χ1v) is 6.61. The third-order valence-corrected chi connectivity index (χ3v) is 3.45. The van der Waals surface area contributed by atoms with Crippen molar-refractivity contribution < 1.29 is 0 Å². The molecule has 5 heteroatoms. The van der Waals surface area contributed by atoms with Crippen LogP contribution in [0.4, 0.5) is 5.69 Å². The number of nitrogens with two attached hydrogens (primary N) is 1. The number of hydrogen-bond donors (Lipinski definition) is 2. The molecule has 0 aliphatic carbocycles. The summed E-state index contributed by atoms with van der Waals surface area (Å²) in [5.74, 6) is 0.0714. The zero-order chi connectivity index (χ0) is 13.8. The van der Waals surface area contributed by atoms with Crippen molar-refractivity contribution in [3.05, 3.63) is 58.3 Å². The van der Waals surface area contributed by atoms with E-state index in [9.17, 15) is 0 Å². The third kappa shape index (κ3) is 3.32. The number of aromatic nitrogens is 1. The van der Waals surface area contributed by atoms with Crippen molar-refractivity contribution in [1.29, 1.82) is 5.41 Å². The van der Waals surface area contributed by atoms with Gasteiger partial charge in [0.2, 0.25) is 0 Å². The molecule has 2 aromatic rings. The Kier molecular flexibility index (Phi) is 4.16. The Hall–Kier alpha value is -1.88. The van der Waals surface area contributed by atoms with Crippen LogP contribution in [0.5, 0.6) is 0 Å². The number of halogens is 1. The van der Waals surface area contributed by atoms with Crippen LogP contribution in [0.3, 0.4) is 0 Å². The van der Waals surface area contributed by atoms with Crippen LogP contribution in [0.25, 0.3) is 0 Å². The molecule has 2 rings (SSSR count). The molecule has 3 N–H and O–H groups in total. The largest absolute Gasteiger partial charge is 0.384 e. The fourth-order valence-corrected chi connectivity index (χ4v) is 2.52. The summed E-state index contributed by atoms with van der Waals surface area (Å²) in [5.41, 5.74) is 8.38. The Morgan fingerprint density at radius 1 is 1.42 bits per heavy atom. The maximum absolute atomic E-state index is 7.42. The fourth-order valence-electron chi connectivity index (χ4n) is 1.83. The molecular formula is C14H15BrN4. The number of hydrogen-bond acceptors (Lipinski definition) is 3. The van der Waals surface area contributed by atoms with Gasteiger partial charge in [-0.2, -0.15) is 0 Å². The zero-order valence-electron chi connectivity index (χ0n) is 10.6. The average molecular weight is 319 g/mol. The summed E-state index contributed by atoms with van der Waals surface area (Å²) in [6.45, 7) is 0.770. The summed E-state index contributed by atoms with van der Waals surface area (Å²) in [6.07, 6.45) is 3.62. The molecule has 1 aromatic carbocycles. The van der Waals surface area contributed by atoms with Gasteiger partial charge in [-0.3, -0.25) is 10.4 Å². The lowest BCUT2D eigenvalue weighted by atomic mass is 10.1. The van der Waals surface area contributed by atoms with E-state index in [-0.39, 0.29) is 5.84 Å². The predicted molar refractivity (Wildman–Crippen MR) is 81.5 cm³/mol. The van der Waals surface area contributed by atoms with Crippen LogP contribution >= 0.6 is 15.9 Å². The number of anilines is 1. The monoisotopic (exact) mass is 318 g/mol. The highest BCUT2D eigenvalue weighted by atomic mass is 79.9. The van der Waals surface area contributed by atoms with Crippen LogP contribution in [0, 0.1) is 5.41 Å². The van der Waals surface area contributed by atoms with E-state index in [0.717, 1.165) is 22.3 Å². The second-order valence-electron chi connectivity index (χ2n) is 4.30. The van der Waals surface area contributed by atoms with E-state index >= 15 is 0 Å². The van der Waals surface area contributed by atoms with Crippen molar-refractivity contribution in [2.75, 3.05) is 11.9 Å². The zero-order valence-corrected chi connectivity index (χ0v) is 12.2. The van der Waals surface area contributed by atoms with Gasteiger partial charge in [-0.15, -0.1) is 0 Å². The maximum atomic E-state index is 7.42. The van der Waals surface area contributed by atoms with E-state index in [0.29, 0.717) is 5.56 Å². The lowest BCUT2D eigenvalue weighted by molar-refractivity contribution is 0.912. The van der Waals surface area contributed by atoms with Gasteiger partial charge < -0.3 is 10.6 Å². The number of rotatable bonds is 4. The molecule has 0 saturated carbocycles. The highest BCUT2D eigenvalue weighted by Crippen LogP contribution is 2.27. The van der Waals surface area contributed by atoms with Gasteiger partial charge in [-0.05, 0) is 45.8 Å². The van der Waals surface area contributed by atoms with Gasteiger partial charge in [-0.1, -0.05) is 6.07 Å². The fraction of sp³-hybridized carbons (Fsp3) is 0.143. The Bertz CT molecular complexity index is 583. The smallest absolute Gasteiger partial charge is 0.122 e. The molecule has 0 spiro atoms. The molecule has 19 heavy (non-hydrogen) atoms. The summed E-state index contributed by atoms with van der Waals surface area (Å²) in [5, 5.41) is 7.42. The molecule has 4 nitrogen and oxygen atoms in total. The first kappa shape index (κ1) is 13.5. The highest BCUT2D eigenvalue weighted by molar-refractivity contribution is 9.10. The lowest BCUT2D eigenvalue weighted by Crippen LogP contribution is -2.18. The molecule has 0 amide bonds. The quantitative estimate of drug-likeness (QED) is 0.673. The van der Waals surface area contributed by atoms with E-state index in [2.05, 4.69) is 25.8 Å². The Morgan fingerprint density at radius 3 is 2.79 bits per heavy atom. The molecule has 1 aromatic heterocycles. The third-order valence-electron chi connectivity index (χ3n) is 2.81. The second-order valence-corrected chi connectivity index (χ2v) is 5.15. The van der Waals surface area contributed by atoms with Gasteiger partial charge in [0, 0.05) is 36.0 Å². The van der Waals surface area contributed by atoms with Crippen LogP contribution in [0.1, 0.15) is 11.1 Å². The Morgan fingerprint density at radius 2 is 2.21 bits per heavy atom. The summed E-state index contributed by atoms with van der Waals surface area (Å²) in [4.78, 5) is 6.22.